The lowest BCUT2D eigenvalue weighted by molar-refractivity contribution is 0.102. The maximum absolute atomic E-state index is 15.9. The highest BCUT2D eigenvalue weighted by Crippen LogP contribution is 2.45. The van der Waals surface area contributed by atoms with Crippen LogP contribution in [0.1, 0.15) is 471 Å². The molecule has 8 aromatic carbocycles. The summed E-state index contributed by atoms with van der Waals surface area (Å²) in [7, 11) is 0. The molecule has 0 aliphatic heterocycles. The average molecular weight is 1940 g/mol. The summed E-state index contributed by atoms with van der Waals surface area (Å²) in [6, 6.07) is 56.0. The van der Waals surface area contributed by atoms with Gasteiger partial charge in [-0.3, -0.25) is 4.79 Å². The molecule has 8 aromatic rings. The fraction of sp³-hybridized carbons (Fsp3) is 0.614. The minimum Gasteiger partial charge on any atom is -0.494 e. The number of benzene rings is 8. The minimum absolute atomic E-state index is 0.149. The average Bonchev–Trinajstić information content (AvgIpc) is 0.797. The van der Waals surface area contributed by atoms with Gasteiger partial charge < -0.3 is 62.2 Å². The highest BCUT2D eigenvalue weighted by Gasteiger charge is 2.24. The third kappa shape index (κ3) is 54.9. The Kier molecular flexibility index (Phi) is 65.8. The molecule has 0 aliphatic carbocycles. The highest BCUT2D eigenvalue weighted by molar-refractivity contribution is 6.05. The summed E-state index contributed by atoms with van der Waals surface area (Å²) in [5, 5.41) is 3.32. The molecule has 0 radical (unpaired) electrons. The topological polar surface area (TPSA) is 140 Å². The Hall–Kier alpha value is -9.17. The molecule has 0 spiro atoms. The third-order valence-corrected chi connectivity index (χ3v) is 27.0. The number of anilines is 1. The van der Waals surface area contributed by atoms with Crippen molar-refractivity contribution in [3.05, 3.63) is 209 Å². The highest BCUT2D eigenvalue weighted by atomic mass is 16.6. The largest absolute Gasteiger partial charge is 0.494 e. The van der Waals surface area contributed by atoms with Gasteiger partial charge in [0.15, 0.2) is 23.0 Å². The van der Waals surface area contributed by atoms with Crippen LogP contribution in [-0.2, 0) is 39.6 Å². The molecule has 14 nitrogen and oxygen atoms in total. The second-order valence-corrected chi connectivity index (χ2v) is 39.8. The van der Waals surface area contributed by atoms with Crippen molar-refractivity contribution in [1.82, 2.24) is 0 Å². The predicted octanol–water partition coefficient (Wildman–Crippen LogP) is 38.2. The molecular formula is C127H191NO13. The van der Waals surface area contributed by atoms with Gasteiger partial charge in [-0.1, -0.05) is 461 Å². The van der Waals surface area contributed by atoms with E-state index in [-0.39, 0.29) is 45.2 Å². The second-order valence-electron chi connectivity index (χ2n) is 39.8. The molecule has 14 heteroatoms. The standard InChI is InChI=1S/C127H191NO13/c1-7-13-19-25-31-37-43-49-55-61-91-130-115-79-67-107(68-80-115)101-136-121-97-113(98-122(137-102-108-69-81-116(82-70-108)131-92-62-56-50-44-38-32-26-20-14-8-2)125(121)140-105-111-75-87-119(88-76-111)134-95-65-59-53-47-41-35-29-23-17-11-5)127(129)128-114-99-123(138-103-109-71-83-117(84-72-109)132-93-63-57-51-45-39-33-27-21-15-9-3)126(141-106-112-77-89-120(90-78-112)135-96-66-60-54-48-42-36-30-24-18-12-6)124(100-114)139-104-110-73-85-118(86-74-110)133-94-64-58-52-46-40-34-28-22-16-10-4/h67-90,97-100H,7-66,91-96,101-106H2,1-6H3,(H,128,129). The Morgan fingerprint density at radius 3 is 0.496 bits per heavy atom. The summed E-state index contributed by atoms with van der Waals surface area (Å²) in [5.41, 5.74) is 6.17. The lowest BCUT2D eigenvalue weighted by Crippen LogP contribution is -2.14. The van der Waals surface area contributed by atoms with E-state index in [2.05, 4.69) is 83.3 Å². The number of rotatable bonds is 92. The van der Waals surface area contributed by atoms with Crippen LogP contribution in [0, 0.1) is 0 Å². The lowest BCUT2D eigenvalue weighted by Gasteiger charge is -2.21. The summed E-state index contributed by atoms with van der Waals surface area (Å²) in [4.78, 5) is 15.9. The Bertz CT molecular complexity index is 4130. The fourth-order valence-electron chi connectivity index (χ4n) is 18.0. The monoisotopic (exact) mass is 1940 g/mol. The van der Waals surface area contributed by atoms with E-state index in [4.69, 9.17) is 56.8 Å². The van der Waals surface area contributed by atoms with Crippen molar-refractivity contribution in [3.63, 3.8) is 0 Å². The first-order valence-corrected chi connectivity index (χ1v) is 57.5. The van der Waals surface area contributed by atoms with Crippen LogP contribution in [0.3, 0.4) is 0 Å². The van der Waals surface area contributed by atoms with Crippen molar-refractivity contribution in [1.29, 1.82) is 0 Å². The van der Waals surface area contributed by atoms with Crippen LogP contribution in [0.15, 0.2) is 170 Å². The van der Waals surface area contributed by atoms with Gasteiger partial charge in [0.2, 0.25) is 11.5 Å². The van der Waals surface area contributed by atoms with Crippen molar-refractivity contribution < 1.29 is 61.6 Å². The van der Waals surface area contributed by atoms with E-state index in [1.807, 2.05) is 121 Å². The Morgan fingerprint density at radius 1 is 0.177 bits per heavy atom. The van der Waals surface area contributed by atoms with Crippen molar-refractivity contribution in [2.45, 2.75) is 466 Å². The van der Waals surface area contributed by atoms with Crippen LogP contribution >= 0.6 is 0 Å². The summed E-state index contributed by atoms with van der Waals surface area (Å²) >= 11 is 0. The number of amides is 1. The number of hydrogen-bond donors (Lipinski definition) is 1. The van der Waals surface area contributed by atoms with Crippen molar-refractivity contribution in [3.8, 4) is 69.0 Å². The summed E-state index contributed by atoms with van der Waals surface area (Å²) in [6.07, 6.45) is 76.0. The molecule has 8 rings (SSSR count). The zero-order chi connectivity index (χ0) is 99.0. The van der Waals surface area contributed by atoms with Crippen molar-refractivity contribution >= 4 is 11.6 Å². The summed E-state index contributed by atoms with van der Waals surface area (Å²) in [6.45, 7) is 18.7. The molecule has 1 amide bonds. The maximum Gasteiger partial charge on any atom is 0.255 e. The first kappa shape index (κ1) is 117. The van der Waals surface area contributed by atoms with Gasteiger partial charge in [0.1, 0.15) is 74.1 Å². The summed E-state index contributed by atoms with van der Waals surface area (Å²) in [5.74, 6) is 6.56. The quantitative estimate of drug-likeness (QED) is 0.0362. The predicted molar refractivity (Wildman–Crippen MR) is 590 cm³/mol. The van der Waals surface area contributed by atoms with E-state index >= 15 is 4.79 Å². The lowest BCUT2D eigenvalue weighted by atomic mass is 10.1. The van der Waals surface area contributed by atoms with Gasteiger partial charge in [-0.25, -0.2) is 0 Å². The first-order valence-electron chi connectivity index (χ1n) is 57.5. The van der Waals surface area contributed by atoms with E-state index < -0.39 is 5.91 Å². The minimum atomic E-state index is -0.444. The Balaban J connectivity index is 1.10. The number of carbonyl (C=O) groups is 1. The van der Waals surface area contributed by atoms with Gasteiger partial charge in [-0.2, -0.15) is 0 Å². The van der Waals surface area contributed by atoms with E-state index in [1.54, 1.807) is 12.1 Å². The van der Waals surface area contributed by atoms with Crippen LogP contribution in [0.5, 0.6) is 69.0 Å². The number of nitrogens with one attached hydrogen (secondary N) is 1. The van der Waals surface area contributed by atoms with Gasteiger partial charge in [-0.15, -0.1) is 0 Å². The van der Waals surface area contributed by atoms with Gasteiger partial charge in [0.25, 0.3) is 5.91 Å². The van der Waals surface area contributed by atoms with Gasteiger partial charge in [0, 0.05) is 23.4 Å². The number of hydrogen-bond acceptors (Lipinski definition) is 13. The van der Waals surface area contributed by atoms with E-state index in [0.717, 1.165) is 145 Å². The van der Waals surface area contributed by atoms with Gasteiger partial charge in [-0.05, 0) is 157 Å². The zero-order valence-electron chi connectivity index (χ0n) is 89.4. The van der Waals surface area contributed by atoms with E-state index in [1.165, 1.54) is 308 Å². The van der Waals surface area contributed by atoms with E-state index in [9.17, 15) is 0 Å². The zero-order valence-corrected chi connectivity index (χ0v) is 89.4. The van der Waals surface area contributed by atoms with Crippen LogP contribution in [0.4, 0.5) is 5.69 Å². The molecule has 0 bridgehead atoms. The Labute approximate surface area is 857 Å². The van der Waals surface area contributed by atoms with Gasteiger partial charge in [0.05, 0.1) is 39.6 Å². The molecule has 0 unspecified atom stereocenters. The molecule has 0 fully saturated rings. The van der Waals surface area contributed by atoms with Crippen molar-refractivity contribution in [2.24, 2.45) is 0 Å². The second kappa shape index (κ2) is 79.2. The van der Waals surface area contributed by atoms with Crippen LogP contribution in [-0.4, -0.2) is 45.5 Å². The normalized spacial score (nSPS) is 11.3. The molecule has 0 aliphatic rings. The molecule has 1 N–H and O–H groups in total. The molecule has 782 valence electrons. The number of ether oxygens (including phenoxy) is 12. The first-order chi connectivity index (χ1) is 69.7. The smallest absolute Gasteiger partial charge is 0.255 e. The fourth-order valence-corrected chi connectivity index (χ4v) is 18.0. The third-order valence-electron chi connectivity index (χ3n) is 27.0. The molecule has 0 saturated carbocycles. The van der Waals surface area contributed by atoms with E-state index in [0.29, 0.717) is 79.8 Å². The van der Waals surface area contributed by atoms with Crippen LogP contribution < -0.4 is 62.2 Å². The van der Waals surface area contributed by atoms with Gasteiger partial charge >= 0.3 is 0 Å². The molecule has 0 aromatic heterocycles. The molecule has 0 saturated heterocycles. The summed E-state index contributed by atoms with van der Waals surface area (Å²) < 4.78 is 79.9. The molecule has 141 heavy (non-hydrogen) atoms. The SMILES string of the molecule is CCCCCCCCCCCCOc1ccc(COc2cc(NC(=O)c3cc(OCc4ccc(OCCCCCCCCCCCC)cc4)c(OCc4ccc(OCCCCCCCCCCCC)cc4)c(OCc4ccc(OCCCCCCCCCCCC)cc4)c3)cc(OCc3ccc(OCCCCCCCCCCCC)cc3)c2OCc2ccc(OCCCCCCCCCCCC)cc2)cc1. The molecular weight excluding hydrogens is 1750 g/mol. The van der Waals surface area contributed by atoms with Crippen LogP contribution in [0.25, 0.3) is 0 Å². The maximum atomic E-state index is 15.9. The number of carbonyl (C=O) groups excluding carboxylic acids is 1. The van der Waals surface area contributed by atoms with Crippen molar-refractivity contribution in [2.75, 3.05) is 45.0 Å². The van der Waals surface area contributed by atoms with Crippen LogP contribution in [0.2, 0.25) is 0 Å². The molecule has 0 atom stereocenters. The Morgan fingerprint density at radius 2 is 0.326 bits per heavy atom. The molecule has 0 heterocycles. The number of unbranched alkanes of at least 4 members (excludes halogenated alkanes) is 54.